The molecule has 2 aromatic carbocycles. The number of hydrogen-bond donors (Lipinski definition) is 1. The lowest BCUT2D eigenvalue weighted by Crippen LogP contribution is -2.03. The van der Waals surface area contributed by atoms with E-state index in [4.69, 9.17) is 0 Å². The lowest BCUT2D eigenvalue weighted by atomic mass is 10.2. The van der Waals surface area contributed by atoms with Gasteiger partial charge in [-0.1, -0.05) is 12.1 Å². The highest BCUT2D eigenvalue weighted by molar-refractivity contribution is 7.90. The third-order valence-corrected chi connectivity index (χ3v) is 3.93. The van der Waals surface area contributed by atoms with E-state index in [-0.39, 0.29) is 17.0 Å². The van der Waals surface area contributed by atoms with Crippen LogP contribution in [0.25, 0.3) is 0 Å². The van der Waals surface area contributed by atoms with Gasteiger partial charge in [0, 0.05) is 24.1 Å². The number of halogens is 2. The Hall–Kier alpha value is -1.95. The zero-order valence-electron chi connectivity index (χ0n) is 10.7. The van der Waals surface area contributed by atoms with E-state index < -0.39 is 21.5 Å². The summed E-state index contributed by atoms with van der Waals surface area (Å²) >= 11 is 0. The molecule has 0 atom stereocenters. The van der Waals surface area contributed by atoms with Gasteiger partial charge < -0.3 is 5.32 Å². The van der Waals surface area contributed by atoms with Crippen LogP contribution in [0.3, 0.4) is 0 Å². The molecule has 0 heterocycles. The molecule has 0 amide bonds. The fraction of sp³-hybridized carbons (Fsp3) is 0.143. The molecule has 0 unspecified atom stereocenters. The third kappa shape index (κ3) is 3.33. The highest BCUT2D eigenvalue weighted by atomic mass is 32.2. The average molecular weight is 297 g/mol. The maximum absolute atomic E-state index is 13.4. The molecule has 0 radical (unpaired) electrons. The van der Waals surface area contributed by atoms with Crippen molar-refractivity contribution in [2.75, 3.05) is 11.6 Å². The van der Waals surface area contributed by atoms with Crippen molar-refractivity contribution in [2.45, 2.75) is 11.4 Å². The predicted octanol–water partition coefficient (Wildman–Crippen LogP) is 2.98. The van der Waals surface area contributed by atoms with E-state index in [0.29, 0.717) is 5.69 Å². The molecule has 20 heavy (non-hydrogen) atoms. The molecule has 0 saturated heterocycles. The van der Waals surface area contributed by atoms with Crippen LogP contribution in [0.5, 0.6) is 0 Å². The molecule has 6 heteroatoms. The number of benzene rings is 2. The number of rotatable bonds is 4. The van der Waals surface area contributed by atoms with Gasteiger partial charge >= 0.3 is 0 Å². The summed E-state index contributed by atoms with van der Waals surface area (Å²) < 4.78 is 49.0. The fourth-order valence-electron chi connectivity index (χ4n) is 1.70. The van der Waals surface area contributed by atoms with Crippen LogP contribution < -0.4 is 5.32 Å². The van der Waals surface area contributed by atoms with Crippen molar-refractivity contribution in [3.05, 3.63) is 59.7 Å². The number of hydrogen-bond acceptors (Lipinski definition) is 3. The fourth-order valence-corrected chi connectivity index (χ4v) is 2.33. The van der Waals surface area contributed by atoms with Crippen molar-refractivity contribution in [1.29, 1.82) is 0 Å². The first-order chi connectivity index (χ1) is 9.38. The van der Waals surface area contributed by atoms with Gasteiger partial charge in [-0.2, -0.15) is 0 Å². The summed E-state index contributed by atoms with van der Waals surface area (Å²) in [4.78, 5) is 0.208. The molecule has 106 valence electrons. The first-order valence-corrected chi connectivity index (χ1v) is 7.74. The van der Waals surface area contributed by atoms with Gasteiger partial charge in [0.1, 0.15) is 0 Å². The smallest absolute Gasteiger partial charge is 0.175 e. The Morgan fingerprint density at radius 3 is 2.30 bits per heavy atom. The maximum atomic E-state index is 13.4. The Kier molecular flexibility index (Phi) is 4.04. The Balaban J connectivity index is 2.10. The molecule has 1 N–H and O–H groups in total. The zero-order chi connectivity index (χ0) is 14.8. The summed E-state index contributed by atoms with van der Waals surface area (Å²) in [7, 11) is -3.24. The van der Waals surface area contributed by atoms with Gasteiger partial charge in [-0.15, -0.1) is 0 Å². The molecule has 2 rings (SSSR count). The minimum Gasteiger partial charge on any atom is -0.381 e. The van der Waals surface area contributed by atoms with Crippen LogP contribution in [0, 0.1) is 11.6 Å². The summed E-state index contributed by atoms with van der Waals surface area (Å²) in [5.41, 5.74) is 0.832. The summed E-state index contributed by atoms with van der Waals surface area (Å²) in [6.45, 7) is 0.113. The highest BCUT2D eigenvalue weighted by Gasteiger charge is 2.08. The normalized spacial score (nSPS) is 11.3. The van der Waals surface area contributed by atoms with Crippen molar-refractivity contribution in [1.82, 2.24) is 0 Å². The number of nitrogens with one attached hydrogen (secondary N) is 1. The predicted molar refractivity (Wildman–Crippen MR) is 73.2 cm³/mol. The second kappa shape index (κ2) is 5.58. The Morgan fingerprint density at radius 1 is 1.05 bits per heavy atom. The van der Waals surface area contributed by atoms with E-state index in [1.165, 1.54) is 24.3 Å². The molecule has 0 fully saturated rings. The van der Waals surface area contributed by atoms with Crippen molar-refractivity contribution in [3.63, 3.8) is 0 Å². The van der Waals surface area contributed by atoms with E-state index in [1.807, 2.05) is 0 Å². The Labute approximate surface area is 116 Å². The zero-order valence-corrected chi connectivity index (χ0v) is 11.5. The quantitative estimate of drug-likeness (QED) is 0.943. The average Bonchev–Trinajstić information content (AvgIpc) is 2.40. The minimum atomic E-state index is -3.24. The SMILES string of the molecule is CS(=O)(=O)c1ccc(NCc2cccc(F)c2F)cc1. The van der Waals surface area contributed by atoms with E-state index in [2.05, 4.69) is 5.32 Å². The van der Waals surface area contributed by atoms with Gasteiger partial charge in [0.25, 0.3) is 0 Å². The van der Waals surface area contributed by atoms with Crippen LogP contribution in [0.4, 0.5) is 14.5 Å². The molecule has 0 aliphatic carbocycles. The Bertz CT molecular complexity index is 712. The molecule has 0 spiro atoms. The minimum absolute atomic E-state index is 0.113. The lowest BCUT2D eigenvalue weighted by molar-refractivity contribution is 0.500. The number of anilines is 1. The van der Waals surface area contributed by atoms with Crippen LogP contribution in [0.15, 0.2) is 47.4 Å². The molecular weight excluding hydrogens is 284 g/mol. The van der Waals surface area contributed by atoms with Crippen LogP contribution >= 0.6 is 0 Å². The van der Waals surface area contributed by atoms with E-state index in [0.717, 1.165) is 12.3 Å². The first-order valence-electron chi connectivity index (χ1n) is 5.85. The second-order valence-electron chi connectivity index (χ2n) is 4.36. The van der Waals surface area contributed by atoms with Gasteiger partial charge in [-0.3, -0.25) is 0 Å². The topological polar surface area (TPSA) is 46.2 Å². The summed E-state index contributed by atoms with van der Waals surface area (Å²) in [6.07, 6.45) is 1.12. The van der Waals surface area contributed by atoms with Gasteiger partial charge in [-0.05, 0) is 30.3 Å². The molecule has 0 saturated carbocycles. The van der Waals surface area contributed by atoms with Gasteiger partial charge in [0.05, 0.1) is 4.90 Å². The van der Waals surface area contributed by atoms with Crippen LogP contribution in [0.2, 0.25) is 0 Å². The van der Waals surface area contributed by atoms with Crippen molar-refractivity contribution >= 4 is 15.5 Å². The largest absolute Gasteiger partial charge is 0.381 e. The lowest BCUT2D eigenvalue weighted by Gasteiger charge is -2.08. The maximum Gasteiger partial charge on any atom is 0.175 e. The van der Waals surface area contributed by atoms with Gasteiger partial charge in [-0.25, -0.2) is 17.2 Å². The van der Waals surface area contributed by atoms with Crippen LogP contribution in [-0.4, -0.2) is 14.7 Å². The van der Waals surface area contributed by atoms with Crippen molar-refractivity contribution in [2.24, 2.45) is 0 Å². The summed E-state index contributed by atoms with van der Waals surface area (Å²) in [5.74, 6) is -1.77. The van der Waals surface area contributed by atoms with Gasteiger partial charge in [0.2, 0.25) is 0 Å². The Morgan fingerprint density at radius 2 is 1.70 bits per heavy atom. The highest BCUT2D eigenvalue weighted by Crippen LogP contribution is 2.16. The third-order valence-electron chi connectivity index (χ3n) is 2.80. The standard InChI is InChI=1S/C14H13F2NO2S/c1-20(18,19)12-7-5-11(6-8-12)17-9-10-3-2-4-13(15)14(10)16/h2-8,17H,9H2,1H3. The molecular formula is C14H13F2NO2S. The molecule has 0 aliphatic rings. The van der Waals surface area contributed by atoms with E-state index in [9.17, 15) is 17.2 Å². The van der Waals surface area contributed by atoms with Crippen LogP contribution in [-0.2, 0) is 16.4 Å². The number of sulfone groups is 1. The monoisotopic (exact) mass is 297 g/mol. The molecule has 0 aliphatic heterocycles. The van der Waals surface area contributed by atoms with Crippen LogP contribution in [0.1, 0.15) is 5.56 Å². The summed E-state index contributed by atoms with van der Waals surface area (Å²) in [6, 6.07) is 10.0. The van der Waals surface area contributed by atoms with Crippen molar-refractivity contribution < 1.29 is 17.2 Å². The van der Waals surface area contributed by atoms with E-state index in [1.54, 1.807) is 12.1 Å². The molecule has 0 aromatic heterocycles. The summed E-state index contributed by atoms with van der Waals surface area (Å²) in [5, 5.41) is 2.91. The van der Waals surface area contributed by atoms with Gasteiger partial charge in [0.15, 0.2) is 21.5 Å². The molecule has 2 aromatic rings. The molecule has 3 nitrogen and oxygen atoms in total. The van der Waals surface area contributed by atoms with Crippen molar-refractivity contribution in [3.8, 4) is 0 Å². The second-order valence-corrected chi connectivity index (χ2v) is 6.38. The first kappa shape index (κ1) is 14.5. The molecule has 0 bridgehead atoms. The van der Waals surface area contributed by atoms with E-state index >= 15 is 0 Å².